The van der Waals surface area contributed by atoms with Crippen LogP contribution in [0.1, 0.15) is 44.0 Å². The average Bonchev–Trinajstić information content (AvgIpc) is 2.89. The highest BCUT2D eigenvalue weighted by atomic mass is 16.6. The van der Waals surface area contributed by atoms with Crippen molar-refractivity contribution in [1.82, 2.24) is 15.2 Å². The lowest BCUT2D eigenvalue weighted by Gasteiger charge is -2.32. The largest absolute Gasteiger partial charge is 0.481 e. The molecular formula is C14H21N3O4. The summed E-state index contributed by atoms with van der Waals surface area (Å²) in [6.07, 6.45) is 3.00. The van der Waals surface area contributed by atoms with Gasteiger partial charge in [-0.3, -0.25) is 9.59 Å². The van der Waals surface area contributed by atoms with Gasteiger partial charge < -0.3 is 10.0 Å². The number of carbonyl (C=O) groups excluding carboxylic acids is 1. The molecule has 0 spiro atoms. The molecule has 0 aromatic carbocycles. The highest BCUT2D eigenvalue weighted by molar-refractivity contribution is 5.85. The lowest BCUT2D eigenvalue weighted by Crippen LogP contribution is -2.42. The van der Waals surface area contributed by atoms with E-state index in [9.17, 15) is 14.7 Å². The molecule has 2 atom stereocenters. The maximum atomic E-state index is 12.7. The van der Waals surface area contributed by atoms with Gasteiger partial charge >= 0.3 is 5.97 Å². The van der Waals surface area contributed by atoms with E-state index in [1.807, 2.05) is 6.92 Å². The molecule has 1 aliphatic carbocycles. The van der Waals surface area contributed by atoms with Crippen LogP contribution in [0, 0.1) is 18.8 Å². The number of rotatable bonds is 5. The van der Waals surface area contributed by atoms with E-state index in [0.717, 1.165) is 12.8 Å². The Balaban J connectivity index is 2.11. The molecule has 0 aliphatic heterocycles. The molecule has 21 heavy (non-hydrogen) atoms. The van der Waals surface area contributed by atoms with Gasteiger partial charge in [0.25, 0.3) is 0 Å². The SMILES string of the molecule is CCN(Cc1nonc1C)C(=O)[C@@H]1CCCC[C@@H]1C(=O)O. The molecule has 1 aliphatic rings. The quantitative estimate of drug-likeness (QED) is 0.886. The van der Waals surface area contributed by atoms with Gasteiger partial charge in [0.2, 0.25) is 5.91 Å². The predicted octanol–water partition coefficient (Wildman–Crippen LogP) is 1.62. The monoisotopic (exact) mass is 295 g/mol. The topological polar surface area (TPSA) is 96.5 Å². The number of hydrogen-bond donors (Lipinski definition) is 1. The maximum absolute atomic E-state index is 12.7. The minimum Gasteiger partial charge on any atom is -0.481 e. The molecule has 7 heteroatoms. The molecule has 0 unspecified atom stereocenters. The van der Waals surface area contributed by atoms with Crippen molar-refractivity contribution in [3.05, 3.63) is 11.4 Å². The second-order valence-electron chi connectivity index (χ2n) is 5.48. The first kappa shape index (κ1) is 15.5. The van der Waals surface area contributed by atoms with E-state index < -0.39 is 17.8 Å². The number of aliphatic carboxylic acids is 1. The van der Waals surface area contributed by atoms with Crippen LogP contribution in [0.5, 0.6) is 0 Å². The number of carbonyl (C=O) groups is 2. The summed E-state index contributed by atoms with van der Waals surface area (Å²) in [7, 11) is 0. The third-order valence-electron chi connectivity index (χ3n) is 4.18. The summed E-state index contributed by atoms with van der Waals surface area (Å²) in [6, 6.07) is 0. The molecule has 116 valence electrons. The smallest absolute Gasteiger partial charge is 0.307 e. The standard InChI is InChI=1S/C14H21N3O4/c1-3-17(8-12-9(2)15-21-16-12)13(18)10-6-4-5-7-11(10)14(19)20/h10-11H,3-8H2,1-2H3,(H,19,20)/t10-,11+/m1/s1. The summed E-state index contributed by atoms with van der Waals surface area (Å²) in [4.78, 5) is 25.6. The number of aryl methyl sites for hydroxylation is 1. The molecule has 0 radical (unpaired) electrons. The highest BCUT2D eigenvalue weighted by Gasteiger charge is 2.37. The summed E-state index contributed by atoms with van der Waals surface area (Å²) in [5.41, 5.74) is 1.27. The molecule has 1 amide bonds. The van der Waals surface area contributed by atoms with Crippen LogP contribution in [0.2, 0.25) is 0 Å². The molecular weight excluding hydrogens is 274 g/mol. The molecule has 0 saturated heterocycles. The Hall–Kier alpha value is -1.92. The fourth-order valence-electron chi connectivity index (χ4n) is 2.88. The Morgan fingerprint density at radius 3 is 2.48 bits per heavy atom. The van der Waals surface area contributed by atoms with Gasteiger partial charge in [-0.25, -0.2) is 4.63 Å². The van der Waals surface area contributed by atoms with Crippen LogP contribution >= 0.6 is 0 Å². The Labute approximate surface area is 123 Å². The highest BCUT2D eigenvalue weighted by Crippen LogP contribution is 2.32. The predicted molar refractivity (Wildman–Crippen MR) is 73.2 cm³/mol. The van der Waals surface area contributed by atoms with Crippen LogP contribution in [0.15, 0.2) is 4.63 Å². The fourth-order valence-corrected chi connectivity index (χ4v) is 2.88. The Morgan fingerprint density at radius 1 is 1.29 bits per heavy atom. The van der Waals surface area contributed by atoms with Crippen molar-refractivity contribution in [2.75, 3.05) is 6.54 Å². The zero-order valence-electron chi connectivity index (χ0n) is 12.4. The lowest BCUT2D eigenvalue weighted by atomic mass is 9.78. The Kier molecular flexibility index (Phi) is 4.93. The molecule has 1 aromatic heterocycles. The van der Waals surface area contributed by atoms with Crippen LogP contribution in [-0.2, 0) is 16.1 Å². The summed E-state index contributed by atoms with van der Waals surface area (Å²) >= 11 is 0. The molecule has 7 nitrogen and oxygen atoms in total. The van der Waals surface area contributed by atoms with Crippen LogP contribution in [-0.4, -0.2) is 38.7 Å². The molecule has 1 N–H and O–H groups in total. The minimum atomic E-state index is -0.872. The fraction of sp³-hybridized carbons (Fsp3) is 0.714. The zero-order chi connectivity index (χ0) is 15.4. The second kappa shape index (κ2) is 6.69. The van der Waals surface area contributed by atoms with Crippen molar-refractivity contribution in [2.24, 2.45) is 11.8 Å². The van der Waals surface area contributed by atoms with Gasteiger partial charge in [0.05, 0.1) is 18.4 Å². The lowest BCUT2D eigenvalue weighted by molar-refractivity contribution is -0.152. The third kappa shape index (κ3) is 3.40. The number of carboxylic acid groups (broad SMARTS) is 1. The van der Waals surface area contributed by atoms with Crippen LogP contribution in [0.3, 0.4) is 0 Å². The summed E-state index contributed by atoms with van der Waals surface area (Å²) < 4.78 is 4.64. The molecule has 1 aromatic rings. The first-order valence-corrected chi connectivity index (χ1v) is 7.34. The number of nitrogens with zero attached hydrogens (tertiary/aromatic N) is 3. The number of amides is 1. The molecule has 1 fully saturated rings. The maximum Gasteiger partial charge on any atom is 0.307 e. The normalized spacial score (nSPS) is 22.0. The van der Waals surface area contributed by atoms with Crippen molar-refractivity contribution in [3.8, 4) is 0 Å². The Bertz CT molecular complexity index is 514. The third-order valence-corrected chi connectivity index (χ3v) is 4.18. The van der Waals surface area contributed by atoms with Crippen molar-refractivity contribution in [1.29, 1.82) is 0 Å². The molecule has 0 bridgehead atoms. The van der Waals surface area contributed by atoms with Crippen LogP contribution in [0.4, 0.5) is 0 Å². The number of hydrogen-bond acceptors (Lipinski definition) is 5. The van der Waals surface area contributed by atoms with Crippen molar-refractivity contribution >= 4 is 11.9 Å². The van der Waals surface area contributed by atoms with Gasteiger partial charge in [-0.2, -0.15) is 0 Å². The van der Waals surface area contributed by atoms with Crippen molar-refractivity contribution in [3.63, 3.8) is 0 Å². The van der Waals surface area contributed by atoms with Gasteiger partial charge in [0, 0.05) is 6.54 Å². The van der Waals surface area contributed by atoms with E-state index in [0.29, 0.717) is 37.3 Å². The van der Waals surface area contributed by atoms with E-state index in [4.69, 9.17) is 0 Å². The zero-order valence-corrected chi connectivity index (χ0v) is 12.4. The van der Waals surface area contributed by atoms with Crippen LogP contribution in [0.25, 0.3) is 0 Å². The molecule has 2 rings (SSSR count). The summed E-state index contributed by atoms with van der Waals surface area (Å²) in [6.45, 7) is 4.46. The van der Waals surface area contributed by atoms with Crippen molar-refractivity contribution in [2.45, 2.75) is 46.1 Å². The van der Waals surface area contributed by atoms with Crippen LogP contribution < -0.4 is 0 Å². The van der Waals surface area contributed by atoms with Gasteiger partial charge in [-0.15, -0.1) is 0 Å². The van der Waals surface area contributed by atoms with E-state index in [-0.39, 0.29) is 5.91 Å². The van der Waals surface area contributed by atoms with Crippen molar-refractivity contribution < 1.29 is 19.3 Å². The number of aromatic nitrogens is 2. The van der Waals surface area contributed by atoms with E-state index >= 15 is 0 Å². The average molecular weight is 295 g/mol. The van der Waals surface area contributed by atoms with E-state index in [1.54, 1.807) is 11.8 Å². The number of carboxylic acids is 1. The minimum absolute atomic E-state index is 0.105. The van der Waals surface area contributed by atoms with E-state index in [2.05, 4.69) is 14.9 Å². The first-order valence-electron chi connectivity index (χ1n) is 7.34. The van der Waals surface area contributed by atoms with Gasteiger partial charge in [0.15, 0.2) is 0 Å². The molecule has 1 saturated carbocycles. The first-order chi connectivity index (χ1) is 10.0. The summed E-state index contributed by atoms with van der Waals surface area (Å²) in [5.74, 6) is -1.98. The molecule has 1 heterocycles. The van der Waals surface area contributed by atoms with E-state index in [1.165, 1.54) is 0 Å². The summed E-state index contributed by atoms with van der Waals surface area (Å²) in [5, 5.41) is 16.8. The van der Waals surface area contributed by atoms with Gasteiger partial charge in [-0.1, -0.05) is 23.2 Å². The second-order valence-corrected chi connectivity index (χ2v) is 5.48. The Morgan fingerprint density at radius 2 is 1.95 bits per heavy atom. The van der Waals surface area contributed by atoms with Gasteiger partial charge in [0.1, 0.15) is 11.4 Å². The van der Waals surface area contributed by atoms with Gasteiger partial charge in [-0.05, 0) is 26.7 Å².